The Bertz CT molecular complexity index is 851. The molecule has 0 amide bonds. The van der Waals surface area contributed by atoms with Crippen LogP contribution in [0.5, 0.6) is 0 Å². The molecule has 0 unspecified atom stereocenters. The fourth-order valence-corrected chi connectivity index (χ4v) is 3.20. The highest BCUT2D eigenvalue weighted by atomic mass is 32.2. The predicted octanol–water partition coefficient (Wildman–Crippen LogP) is 3.01. The Labute approximate surface area is 123 Å². The van der Waals surface area contributed by atoms with Crippen LogP contribution in [0.3, 0.4) is 0 Å². The van der Waals surface area contributed by atoms with Gasteiger partial charge in [-0.3, -0.25) is 0 Å². The summed E-state index contributed by atoms with van der Waals surface area (Å²) in [7, 11) is -3.57. The number of aromatic nitrogens is 2. The molecular formula is C16H14N2O2S. The minimum atomic E-state index is -3.57. The van der Waals surface area contributed by atoms with Crippen LogP contribution >= 0.6 is 0 Å². The van der Waals surface area contributed by atoms with E-state index in [9.17, 15) is 8.42 Å². The number of nitrogens with zero attached hydrogens (tertiary/aromatic N) is 2. The lowest BCUT2D eigenvalue weighted by atomic mass is 10.2. The van der Waals surface area contributed by atoms with E-state index in [1.807, 2.05) is 31.2 Å². The van der Waals surface area contributed by atoms with Gasteiger partial charge in [-0.15, -0.1) is 0 Å². The van der Waals surface area contributed by atoms with Crippen molar-refractivity contribution >= 4 is 9.84 Å². The predicted molar refractivity (Wildman–Crippen MR) is 80.2 cm³/mol. The van der Waals surface area contributed by atoms with Crippen LogP contribution in [-0.2, 0) is 9.84 Å². The van der Waals surface area contributed by atoms with Crippen molar-refractivity contribution in [2.24, 2.45) is 0 Å². The van der Waals surface area contributed by atoms with Gasteiger partial charge in [0.1, 0.15) is 0 Å². The second-order valence-electron chi connectivity index (χ2n) is 4.75. The van der Waals surface area contributed by atoms with E-state index in [1.165, 1.54) is 6.07 Å². The zero-order chi connectivity index (χ0) is 14.9. The van der Waals surface area contributed by atoms with Crippen LogP contribution < -0.4 is 0 Å². The van der Waals surface area contributed by atoms with E-state index in [4.69, 9.17) is 0 Å². The molecule has 0 aliphatic carbocycles. The average molecular weight is 298 g/mol. The molecule has 3 rings (SSSR count). The van der Waals surface area contributed by atoms with Crippen molar-refractivity contribution in [3.8, 4) is 5.69 Å². The first-order chi connectivity index (χ1) is 10.1. The summed E-state index contributed by atoms with van der Waals surface area (Å²) in [4.78, 5) is 0.249. The van der Waals surface area contributed by atoms with Gasteiger partial charge in [0.2, 0.25) is 9.84 Å². The highest BCUT2D eigenvalue weighted by Gasteiger charge is 2.20. The summed E-state index contributed by atoms with van der Waals surface area (Å²) < 4.78 is 26.5. The van der Waals surface area contributed by atoms with E-state index in [2.05, 4.69) is 5.10 Å². The van der Waals surface area contributed by atoms with Gasteiger partial charge in [-0.1, -0.05) is 35.9 Å². The molecule has 0 aliphatic rings. The van der Waals surface area contributed by atoms with Gasteiger partial charge in [0.25, 0.3) is 0 Å². The third-order valence-corrected chi connectivity index (χ3v) is 4.85. The van der Waals surface area contributed by atoms with Gasteiger partial charge < -0.3 is 0 Å². The highest BCUT2D eigenvalue weighted by Crippen LogP contribution is 2.19. The van der Waals surface area contributed by atoms with Crippen LogP contribution in [0.1, 0.15) is 5.56 Å². The van der Waals surface area contributed by atoms with Gasteiger partial charge in [0, 0.05) is 6.20 Å². The van der Waals surface area contributed by atoms with Crippen LogP contribution in [0.4, 0.5) is 0 Å². The average Bonchev–Trinajstić information content (AvgIpc) is 2.99. The Balaban J connectivity index is 2.01. The van der Waals surface area contributed by atoms with Crippen molar-refractivity contribution in [3.63, 3.8) is 0 Å². The van der Waals surface area contributed by atoms with Crippen molar-refractivity contribution in [2.75, 3.05) is 0 Å². The maximum atomic E-state index is 12.5. The molecule has 106 valence electrons. The molecule has 0 fully saturated rings. The van der Waals surface area contributed by atoms with Crippen molar-refractivity contribution in [2.45, 2.75) is 16.8 Å². The summed E-state index contributed by atoms with van der Waals surface area (Å²) in [5, 5.41) is 4.24. The van der Waals surface area contributed by atoms with Crippen LogP contribution in [0.25, 0.3) is 5.69 Å². The number of hydrogen-bond acceptors (Lipinski definition) is 3. The molecule has 0 aliphatic heterocycles. The minimum absolute atomic E-state index is 0.0503. The summed E-state index contributed by atoms with van der Waals surface area (Å²) in [6, 6.07) is 17.6. The summed E-state index contributed by atoms with van der Waals surface area (Å²) in [5.41, 5.74) is 1.97. The van der Waals surface area contributed by atoms with Crippen LogP contribution in [0, 0.1) is 6.92 Å². The van der Waals surface area contributed by atoms with E-state index >= 15 is 0 Å². The molecule has 0 radical (unpaired) electrons. The molecule has 1 heterocycles. The van der Waals surface area contributed by atoms with E-state index in [-0.39, 0.29) is 9.92 Å². The number of aryl methyl sites for hydroxylation is 1. The maximum Gasteiger partial charge on any atom is 0.225 e. The Morgan fingerprint density at radius 2 is 1.57 bits per heavy atom. The molecule has 0 saturated heterocycles. The molecule has 0 bridgehead atoms. The summed E-state index contributed by atoms with van der Waals surface area (Å²) in [6.07, 6.45) is 1.65. The second kappa shape index (κ2) is 5.18. The number of rotatable bonds is 3. The molecule has 0 N–H and O–H groups in total. The topological polar surface area (TPSA) is 52.0 Å². The van der Waals surface area contributed by atoms with Crippen molar-refractivity contribution < 1.29 is 8.42 Å². The van der Waals surface area contributed by atoms with Gasteiger partial charge >= 0.3 is 0 Å². The van der Waals surface area contributed by atoms with Crippen LogP contribution in [0.15, 0.2) is 76.8 Å². The molecule has 0 atom stereocenters. The zero-order valence-electron chi connectivity index (χ0n) is 11.5. The number of sulfone groups is 1. The third kappa shape index (κ3) is 2.60. The van der Waals surface area contributed by atoms with E-state index in [1.54, 1.807) is 41.2 Å². The standard InChI is InChI=1S/C16H14N2O2S/c1-13-7-9-14(10-8-13)18-12-11-16(17-18)21(19,20)15-5-3-2-4-6-15/h2-12H,1H3. The Morgan fingerprint density at radius 3 is 2.24 bits per heavy atom. The summed E-state index contributed by atoms with van der Waals surface area (Å²) in [6.45, 7) is 2.00. The normalized spacial score (nSPS) is 11.5. The first-order valence-corrected chi connectivity index (χ1v) is 7.98. The van der Waals surface area contributed by atoms with E-state index < -0.39 is 9.84 Å². The number of benzene rings is 2. The number of hydrogen-bond donors (Lipinski definition) is 0. The zero-order valence-corrected chi connectivity index (χ0v) is 12.3. The third-order valence-electron chi connectivity index (χ3n) is 3.19. The molecule has 3 aromatic rings. The largest absolute Gasteiger partial charge is 0.240 e. The van der Waals surface area contributed by atoms with Crippen molar-refractivity contribution in [1.29, 1.82) is 0 Å². The molecule has 2 aromatic carbocycles. The lowest BCUT2D eigenvalue weighted by Gasteiger charge is -2.02. The van der Waals surface area contributed by atoms with Gasteiger partial charge in [-0.25, -0.2) is 13.1 Å². The van der Waals surface area contributed by atoms with E-state index in [0.29, 0.717) is 0 Å². The smallest absolute Gasteiger partial charge is 0.225 e. The first kappa shape index (κ1) is 13.6. The minimum Gasteiger partial charge on any atom is -0.240 e. The Hall–Kier alpha value is -2.40. The van der Waals surface area contributed by atoms with Gasteiger partial charge in [-0.05, 0) is 37.3 Å². The lowest BCUT2D eigenvalue weighted by molar-refractivity contribution is 0.590. The molecule has 21 heavy (non-hydrogen) atoms. The molecular weight excluding hydrogens is 284 g/mol. The van der Waals surface area contributed by atoms with Crippen molar-refractivity contribution in [3.05, 3.63) is 72.4 Å². The lowest BCUT2D eigenvalue weighted by Crippen LogP contribution is -2.04. The highest BCUT2D eigenvalue weighted by molar-refractivity contribution is 7.91. The van der Waals surface area contributed by atoms with E-state index in [0.717, 1.165) is 11.3 Å². The quantitative estimate of drug-likeness (QED) is 0.747. The van der Waals surface area contributed by atoms with Gasteiger partial charge in [0.05, 0.1) is 10.6 Å². The molecule has 0 saturated carbocycles. The van der Waals surface area contributed by atoms with Gasteiger partial charge in [0.15, 0.2) is 5.03 Å². The molecule has 5 heteroatoms. The van der Waals surface area contributed by atoms with Crippen molar-refractivity contribution in [1.82, 2.24) is 9.78 Å². The molecule has 1 aromatic heterocycles. The SMILES string of the molecule is Cc1ccc(-n2ccc(S(=O)(=O)c3ccccc3)n2)cc1. The summed E-state index contributed by atoms with van der Waals surface area (Å²) in [5.74, 6) is 0. The van der Waals surface area contributed by atoms with Gasteiger partial charge in [-0.2, -0.15) is 5.10 Å². The van der Waals surface area contributed by atoms with Crippen LogP contribution in [0.2, 0.25) is 0 Å². The summed E-state index contributed by atoms with van der Waals surface area (Å²) >= 11 is 0. The fourth-order valence-electron chi connectivity index (χ4n) is 2.01. The molecule has 0 spiro atoms. The molecule has 4 nitrogen and oxygen atoms in total. The second-order valence-corrected chi connectivity index (χ2v) is 6.65. The first-order valence-electron chi connectivity index (χ1n) is 6.50. The Kier molecular flexibility index (Phi) is 3.35. The monoisotopic (exact) mass is 298 g/mol. The maximum absolute atomic E-state index is 12.5. The fraction of sp³-hybridized carbons (Fsp3) is 0.0625. The Morgan fingerprint density at radius 1 is 0.905 bits per heavy atom. The van der Waals surface area contributed by atoms with Crippen LogP contribution in [-0.4, -0.2) is 18.2 Å².